The number of halogens is 1. The molecule has 3 rings (SSSR count). The lowest BCUT2D eigenvalue weighted by Gasteiger charge is -2.12. The molecular formula is C23H20ClNO5. The van der Waals surface area contributed by atoms with Gasteiger partial charge in [-0.3, -0.25) is 4.79 Å². The lowest BCUT2D eigenvalue weighted by Crippen LogP contribution is -2.21. The second kappa shape index (κ2) is 10.3. The molecule has 0 saturated heterocycles. The topological polar surface area (TPSA) is 73.9 Å². The van der Waals surface area contributed by atoms with Crippen LogP contribution in [0.2, 0.25) is 5.02 Å². The fourth-order valence-corrected chi connectivity index (χ4v) is 2.84. The summed E-state index contributed by atoms with van der Waals surface area (Å²) in [6.07, 6.45) is 0. The number of carbonyl (C=O) groups excluding carboxylic acids is 2. The molecule has 3 aromatic carbocycles. The van der Waals surface area contributed by atoms with Crippen LogP contribution in [0.5, 0.6) is 11.5 Å². The van der Waals surface area contributed by atoms with Crippen LogP contribution in [0.15, 0.2) is 72.8 Å². The maximum atomic E-state index is 12.5. The summed E-state index contributed by atoms with van der Waals surface area (Å²) in [6.45, 7) is -0.165. The summed E-state index contributed by atoms with van der Waals surface area (Å²) < 4.78 is 16.1. The number of methoxy groups -OCH3 is 1. The summed E-state index contributed by atoms with van der Waals surface area (Å²) in [4.78, 5) is 24.7. The molecule has 0 radical (unpaired) electrons. The van der Waals surface area contributed by atoms with E-state index in [9.17, 15) is 9.59 Å². The summed E-state index contributed by atoms with van der Waals surface area (Å²) in [5.41, 5.74) is 1.59. The van der Waals surface area contributed by atoms with Crippen molar-refractivity contribution in [1.82, 2.24) is 0 Å². The molecule has 30 heavy (non-hydrogen) atoms. The summed E-state index contributed by atoms with van der Waals surface area (Å²) in [5.74, 6) is -0.361. The molecule has 0 unspecified atom stereocenters. The minimum absolute atomic E-state index is 0.238. The standard InChI is InChI=1S/C23H20ClNO5/c1-28-21-12-11-17(24)13-19(21)25-22(26)15-30-23(27)18-9-5-6-10-20(18)29-14-16-7-3-2-4-8-16/h2-13H,14-15H2,1H3,(H,25,26). The first-order valence-electron chi connectivity index (χ1n) is 9.13. The Hall–Kier alpha value is -3.51. The normalized spacial score (nSPS) is 10.2. The van der Waals surface area contributed by atoms with E-state index in [1.54, 1.807) is 42.5 Å². The van der Waals surface area contributed by atoms with Crippen molar-refractivity contribution >= 4 is 29.2 Å². The van der Waals surface area contributed by atoms with E-state index in [1.807, 2.05) is 30.3 Å². The molecule has 0 spiro atoms. The number of carbonyl (C=O) groups is 2. The van der Waals surface area contributed by atoms with Gasteiger partial charge in [-0.2, -0.15) is 0 Å². The zero-order chi connectivity index (χ0) is 21.3. The lowest BCUT2D eigenvalue weighted by atomic mass is 10.2. The third kappa shape index (κ3) is 5.75. The van der Waals surface area contributed by atoms with Crippen molar-refractivity contribution in [1.29, 1.82) is 0 Å². The zero-order valence-electron chi connectivity index (χ0n) is 16.3. The number of benzene rings is 3. The Balaban J connectivity index is 1.60. The van der Waals surface area contributed by atoms with Crippen molar-refractivity contribution in [3.8, 4) is 11.5 Å². The molecular weight excluding hydrogens is 406 g/mol. The number of amides is 1. The molecule has 0 aromatic heterocycles. The average molecular weight is 426 g/mol. The highest BCUT2D eigenvalue weighted by atomic mass is 35.5. The Morgan fingerprint density at radius 2 is 1.67 bits per heavy atom. The van der Waals surface area contributed by atoms with Crippen molar-refractivity contribution < 1.29 is 23.8 Å². The van der Waals surface area contributed by atoms with Crippen LogP contribution in [0.25, 0.3) is 0 Å². The first-order valence-corrected chi connectivity index (χ1v) is 9.51. The number of hydrogen-bond donors (Lipinski definition) is 1. The molecule has 3 aromatic rings. The molecule has 0 heterocycles. The van der Waals surface area contributed by atoms with Crippen LogP contribution in [0.1, 0.15) is 15.9 Å². The quantitative estimate of drug-likeness (QED) is 0.528. The summed E-state index contributed by atoms with van der Waals surface area (Å²) in [6, 6.07) is 21.1. The Morgan fingerprint density at radius 3 is 2.43 bits per heavy atom. The van der Waals surface area contributed by atoms with Crippen LogP contribution in [0.4, 0.5) is 5.69 Å². The highest BCUT2D eigenvalue weighted by Gasteiger charge is 2.16. The Labute approximate surface area is 179 Å². The predicted molar refractivity (Wildman–Crippen MR) is 114 cm³/mol. The molecule has 154 valence electrons. The zero-order valence-corrected chi connectivity index (χ0v) is 17.0. The van der Waals surface area contributed by atoms with Crippen molar-refractivity contribution in [3.63, 3.8) is 0 Å². The largest absolute Gasteiger partial charge is 0.495 e. The average Bonchev–Trinajstić information content (AvgIpc) is 2.77. The van der Waals surface area contributed by atoms with E-state index in [0.717, 1.165) is 5.56 Å². The van der Waals surface area contributed by atoms with Gasteiger partial charge in [-0.25, -0.2) is 4.79 Å². The van der Waals surface area contributed by atoms with Gasteiger partial charge in [0.05, 0.1) is 12.8 Å². The van der Waals surface area contributed by atoms with Crippen LogP contribution in [-0.2, 0) is 16.1 Å². The number of anilines is 1. The van der Waals surface area contributed by atoms with Gasteiger partial charge in [-0.1, -0.05) is 54.1 Å². The second-order valence-electron chi connectivity index (χ2n) is 6.24. The van der Waals surface area contributed by atoms with Crippen molar-refractivity contribution in [2.75, 3.05) is 19.0 Å². The molecule has 0 fully saturated rings. The van der Waals surface area contributed by atoms with E-state index in [0.29, 0.717) is 28.8 Å². The van der Waals surface area contributed by atoms with Crippen LogP contribution in [-0.4, -0.2) is 25.6 Å². The van der Waals surface area contributed by atoms with Gasteiger partial charge in [-0.15, -0.1) is 0 Å². The van der Waals surface area contributed by atoms with E-state index in [4.69, 9.17) is 25.8 Å². The molecule has 7 heteroatoms. The third-order valence-electron chi connectivity index (χ3n) is 4.11. The van der Waals surface area contributed by atoms with Gasteiger partial charge in [0.1, 0.15) is 23.7 Å². The van der Waals surface area contributed by atoms with Crippen LogP contribution in [0.3, 0.4) is 0 Å². The second-order valence-corrected chi connectivity index (χ2v) is 6.68. The number of ether oxygens (including phenoxy) is 3. The fourth-order valence-electron chi connectivity index (χ4n) is 2.67. The number of rotatable bonds is 8. The van der Waals surface area contributed by atoms with Gasteiger partial charge < -0.3 is 19.5 Å². The van der Waals surface area contributed by atoms with E-state index in [2.05, 4.69) is 5.32 Å². The van der Waals surface area contributed by atoms with E-state index in [1.165, 1.54) is 7.11 Å². The molecule has 0 aliphatic carbocycles. The minimum atomic E-state index is -0.660. The molecule has 0 saturated carbocycles. The van der Waals surface area contributed by atoms with E-state index < -0.39 is 18.5 Å². The molecule has 6 nitrogen and oxygen atoms in total. The monoisotopic (exact) mass is 425 g/mol. The maximum absolute atomic E-state index is 12.5. The van der Waals surface area contributed by atoms with Crippen LogP contribution >= 0.6 is 11.6 Å². The van der Waals surface area contributed by atoms with Gasteiger partial charge in [0, 0.05) is 5.02 Å². The van der Waals surface area contributed by atoms with E-state index >= 15 is 0 Å². The summed E-state index contributed by atoms with van der Waals surface area (Å²) in [7, 11) is 1.48. The Bertz CT molecular complexity index is 1020. The van der Waals surface area contributed by atoms with Gasteiger partial charge >= 0.3 is 5.97 Å². The number of esters is 1. The molecule has 0 aliphatic rings. The van der Waals surface area contributed by atoms with Crippen molar-refractivity contribution in [2.45, 2.75) is 6.61 Å². The van der Waals surface area contributed by atoms with Gasteiger partial charge in [-0.05, 0) is 35.9 Å². The fraction of sp³-hybridized carbons (Fsp3) is 0.130. The van der Waals surface area contributed by atoms with Gasteiger partial charge in [0.25, 0.3) is 5.91 Å². The first kappa shape index (κ1) is 21.2. The van der Waals surface area contributed by atoms with Crippen LogP contribution < -0.4 is 14.8 Å². The highest BCUT2D eigenvalue weighted by molar-refractivity contribution is 6.31. The molecule has 0 aliphatic heterocycles. The highest BCUT2D eigenvalue weighted by Crippen LogP contribution is 2.27. The summed E-state index contributed by atoms with van der Waals surface area (Å²) >= 11 is 5.95. The third-order valence-corrected chi connectivity index (χ3v) is 4.35. The van der Waals surface area contributed by atoms with Gasteiger partial charge in [0.2, 0.25) is 0 Å². The van der Waals surface area contributed by atoms with Crippen molar-refractivity contribution in [2.24, 2.45) is 0 Å². The van der Waals surface area contributed by atoms with Gasteiger partial charge in [0.15, 0.2) is 6.61 Å². The van der Waals surface area contributed by atoms with Crippen molar-refractivity contribution in [3.05, 3.63) is 88.9 Å². The smallest absolute Gasteiger partial charge is 0.342 e. The number of hydrogen-bond acceptors (Lipinski definition) is 5. The minimum Gasteiger partial charge on any atom is -0.495 e. The molecule has 1 N–H and O–H groups in total. The van der Waals surface area contributed by atoms with E-state index in [-0.39, 0.29) is 5.56 Å². The lowest BCUT2D eigenvalue weighted by molar-refractivity contribution is -0.119. The Morgan fingerprint density at radius 1 is 0.933 bits per heavy atom. The SMILES string of the molecule is COc1ccc(Cl)cc1NC(=O)COC(=O)c1ccccc1OCc1ccccc1. The maximum Gasteiger partial charge on any atom is 0.342 e. The molecule has 0 bridgehead atoms. The number of nitrogens with one attached hydrogen (secondary N) is 1. The molecule has 1 amide bonds. The number of para-hydroxylation sites is 1. The Kier molecular flexibility index (Phi) is 7.29. The van der Waals surface area contributed by atoms with Crippen LogP contribution in [0, 0.1) is 0 Å². The summed E-state index contributed by atoms with van der Waals surface area (Å²) in [5, 5.41) is 3.05. The molecule has 0 atom stereocenters. The predicted octanol–water partition coefficient (Wildman–Crippen LogP) is 4.72. The first-order chi connectivity index (χ1) is 14.6.